The molecular weight excluding hydrogens is 300 g/mol. The Kier molecular flexibility index (Phi) is 4.02. The lowest BCUT2D eigenvalue weighted by Crippen LogP contribution is -2.33. The molecule has 0 saturated heterocycles. The molecule has 0 fully saturated rings. The topological polar surface area (TPSA) is 53.3 Å². The standard InChI is InChI=1S/C20H20N2O2/c1-20(2,3)24-19(23)22-12-17-8-7-16(10-18(17)13-22)15-6-4-5-14(9-15)11-21/h4-10H,12-13H2,1-3H3. The van der Waals surface area contributed by atoms with Gasteiger partial charge in [0.05, 0.1) is 11.6 Å². The van der Waals surface area contributed by atoms with E-state index in [9.17, 15) is 4.79 Å². The number of amides is 1. The molecule has 0 spiro atoms. The summed E-state index contributed by atoms with van der Waals surface area (Å²) in [5.41, 5.74) is 4.48. The van der Waals surface area contributed by atoms with E-state index in [0.29, 0.717) is 18.7 Å². The number of hydrogen-bond donors (Lipinski definition) is 0. The first-order chi connectivity index (χ1) is 11.4. The Bertz CT molecular complexity index is 828. The van der Waals surface area contributed by atoms with Crippen LogP contribution in [0, 0.1) is 11.3 Å². The van der Waals surface area contributed by atoms with Crippen LogP contribution in [0.2, 0.25) is 0 Å². The van der Waals surface area contributed by atoms with Crippen LogP contribution in [0.15, 0.2) is 42.5 Å². The molecule has 0 bridgehead atoms. The number of fused-ring (bicyclic) bond motifs is 1. The maximum absolute atomic E-state index is 12.2. The zero-order chi connectivity index (χ0) is 17.3. The van der Waals surface area contributed by atoms with E-state index in [1.54, 1.807) is 11.0 Å². The molecule has 4 nitrogen and oxygen atoms in total. The molecule has 1 amide bonds. The van der Waals surface area contributed by atoms with Crippen LogP contribution >= 0.6 is 0 Å². The summed E-state index contributed by atoms with van der Waals surface area (Å²) in [7, 11) is 0. The molecule has 1 aliphatic heterocycles. The van der Waals surface area contributed by atoms with Crippen LogP contribution < -0.4 is 0 Å². The Labute approximate surface area is 142 Å². The van der Waals surface area contributed by atoms with Crippen molar-refractivity contribution in [2.45, 2.75) is 39.5 Å². The summed E-state index contributed by atoms with van der Waals surface area (Å²) < 4.78 is 5.45. The van der Waals surface area contributed by atoms with Crippen LogP contribution in [0.25, 0.3) is 11.1 Å². The van der Waals surface area contributed by atoms with Crippen molar-refractivity contribution in [1.82, 2.24) is 4.90 Å². The molecule has 2 aromatic carbocycles. The minimum Gasteiger partial charge on any atom is -0.444 e. The van der Waals surface area contributed by atoms with Gasteiger partial charge in [0.25, 0.3) is 0 Å². The molecule has 1 aliphatic rings. The molecule has 4 heteroatoms. The number of benzene rings is 2. The third-order valence-corrected chi connectivity index (χ3v) is 3.91. The average molecular weight is 320 g/mol. The first-order valence-electron chi connectivity index (χ1n) is 7.96. The largest absolute Gasteiger partial charge is 0.444 e. The van der Waals surface area contributed by atoms with Gasteiger partial charge >= 0.3 is 6.09 Å². The fourth-order valence-electron chi connectivity index (χ4n) is 2.80. The van der Waals surface area contributed by atoms with Crippen molar-refractivity contribution in [3.05, 3.63) is 59.2 Å². The van der Waals surface area contributed by atoms with Crippen molar-refractivity contribution in [1.29, 1.82) is 5.26 Å². The molecule has 0 N–H and O–H groups in total. The van der Waals surface area contributed by atoms with Gasteiger partial charge in [-0.15, -0.1) is 0 Å². The first kappa shape index (κ1) is 16.1. The predicted octanol–water partition coefficient (Wildman–Crippen LogP) is 4.48. The van der Waals surface area contributed by atoms with E-state index in [1.807, 2.05) is 51.1 Å². The minimum absolute atomic E-state index is 0.285. The van der Waals surface area contributed by atoms with Crippen molar-refractivity contribution < 1.29 is 9.53 Å². The summed E-state index contributed by atoms with van der Waals surface area (Å²) in [6, 6.07) is 15.9. The van der Waals surface area contributed by atoms with E-state index in [0.717, 1.165) is 22.3 Å². The summed E-state index contributed by atoms with van der Waals surface area (Å²) in [5, 5.41) is 9.04. The lowest BCUT2D eigenvalue weighted by Gasteiger charge is -2.24. The first-order valence-corrected chi connectivity index (χ1v) is 7.96. The van der Waals surface area contributed by atoms with Crippen LogP contribution in [0.4, 0.5) is 4.79 Å². The normalized spacial score (nSPS) is 13.3. The van der Waals surface area contributed by atoms with Crippen LogP contribution in [-0.2, 0) is 17.8 Å². The molecule has 3 rings (SSSR count). The number of hydrogen-bond acceptors (Lipinski definition) is 3. The molecule has 24 heavy (non-hydrogen) atoms. The Morgan fingerprint density at radius 1 is 1.08 bits per heavy atom. The highest BCUT2D eigenvalue weighted by Gasteiger charge is 2.27. The fourth-order valence-corrected chi connectivity index (χ4v) is 2.80. The van der Waals surface area contributed by atoms with E-state index in [2.05, 4.69) is 12.1 Å². The monoisotopic (exact) mass is 320 g/mol. The highest BCUT2D eigenvalue weighted by molar-refractivity contribution is 5.71. The summed E-state index contributed by atoms with van der Waals surface area (Å²) in [5.74, 6) is 0. The predicted molar refractivity (Wildman–Crippen MR) is 92.1 cm³/mol. The lowest BCUT2D eigenvalue weighted by atomic mass is 9.99. The molecule has 122 valence electrons. The van der Waals surface area contributed by atoms with Crippen LogP contribution in [0.1, 0.15) is 37.5 Å². The van der Waals surface area contributed by atoms with Crippen molar-refractivity contribution in [3.63, 3.8) is 0 Å². The SMILES string of the molecule is CC(C)(C)OC(=O)N1Cc2ccc(-c3cccc(C#N)c3)cc2C1. The molecule has 0 unspecified atom stereocenters. The molecule has 2 aromatic rings. The number of carbonyl (C=O) groups excluding carboxylic acids is 1. The van der Waals surface area contributed by atoms with E-state index in [4.69, 9.17) is 10.00 Å². The Morgan fingerprint density at radius 3 is 2.50 bits per heavy atom. The molecule has 0 aromatic heterocycles. The third kappa shape index (κ3) is 3.41. The fraction of sp³-hybridized carbons (Fsp3) is 0.300. The highest BCUT2D eigenvalue weighted by Crippen LogP contribution is 2.29. The number of carbonyl (C=O) groups is 1. The van der Waals surface area contributed by atoms with Gasteiger partial charge in [0, 0.05) is 13.1 Å². The lowest BCUT2D eigenvalue weighted by molar-refractivity contribution is 0.0242. The van der Waals surface area contributed by atoms with Gasteiger partial charge in [0.15, 0.2) is 0 Å². The van der Waals surface area contributed by atoms with E-state index in [1.165, 1.54) is 0 Å². The van der Waals surface area contributed by atoms with Gasteiger partial charge in [-0.25, -0.2) is 4.79 Å². The van der Waals surface area contributed by atoms with E-state index < -0.39 is 5.60 Å². The summed E-state index contributed by atoms with van der Waals surface area (Å²) >= 11 is 0. The molecule has 1 heterocycles. The van der Waals surface area contributed by atoms with Gasteiger partial charge in [-0.1, -0.05) is 24.3 Å². The summed E-state index contributed by atoms with van der Waals surface area (Å²) in [6.45, 7) is 6.73. The van der Waals surface area contributed by atoms with Crippen LogP contribution in [0.5, 0.6) is 0 Å². The number of nitrogens with zero attached hydrogens (tertiary/aromatic N) is 2. The summed E-state index contributed by atoms with van der Waals surface area (Å²) in [4.78, 5) is 13.9. The van der Waals surface area contributed by atoms with Gasteiger partial charge in [0.2, 0.25) is 0 Å². The third-order valence-electron chi connectivity index (χ3n) is 3.91. The van der Waals surface area contributed by atoms with Crippen molar-refractivity contribution >= 4 is 6.09 Å². The zero-order valence-electron chi connectivity index (χ0n) is 14.2. The van der Waals surface area contributed by atoms with Gasteiger partial charge in [-0.3, -0.25) is 4.90 Å². The maximum Gasteiger partial charge on any atom is 0.410 e. The Hall–Kier alpha value is -2.80. The highest BCUT2D eigenvalue weighted by atomic mass is 16.6. The smallest absolute Gasteiger partial charge is 0.410 e. The van der Waals surface area contributed by atoms with Gasteiger partial charge in [0.1, 0.15) is 5.60 Å². The van der Waals surface area contributed by atoms with Crippen LogP contribution in [0.3, 0.4) is 0 Å². The Morgan fingerprint density at radius 2 is 1.79 bits per heavy atom. The summed E-state index contributed by atoms with van der Waals surface area (Å²) in [6.07, 6.45) is -0.285. The zero-order valence-corrected chi connectivity index (χ0v) is 14.2. The maximum atomic E-state index is 12.2. The van der Waals surface area contributed by atoms with Gasteiger partial charge < -0.3 is 4.74 Å². The Balaban J connectivity index is 1.81. The van der Waals surface area contributed by atoms with Crippen LogP contribution in [-0.4, -0.2) is 16.6 Å². The second-order valence-electron chi connectivity index (χ2n) is 7.01. The quantitative estimate of drug-likeness (QED) is 0.778. The van der Waals surface area contributed by atoms with Gasteiger partial charge in [-0.05, 0) is 61.2 Å². The molecule has 0 saturated carbocycles. The number of ether oxygens (including phenoxy) is 1. The second-order valence-corrected chi connectivity index (χ2v) is 7.01. The molecular formula is C20H20N2O2. The number of rotatable bonds is 1. The van der Waals surface area contributed by atoms with E-state index >= 15 is 0 Å². The van der Waals surface area contributed by atoms with Crippen molar-refractivity contribution in [2.24, 2.45) is 0 Å². The molecule has 0 radical (unpaired) electrons. The molecule has 0 aliphatic carbocycles. The second kappa shape index (κ2) is 6.01. The average Bonchev–Trinajstić information content (AvgIpc) is 2.96. The van der Waals surface area contributed by atoms with Crippen molar-refractivity contribution in [2.75, 3.05) is 0 Å². The minimum atomic E-state index is -0.491. The number of nitriles is 1. The van der Waals surface area contributed by atoms with E-state index in [-0.39, 0.29) is 6.09 Å². The molecule has 0 atom stereocenters. The van der Waals surface area contributed by atoms with Crippen molar-refractivity contribution in [3.8, 4) is 17.2 Å². The van der Waals surface area contributed by atoms with Gasteiger partial charge in [-0.2, -0.15) is 5.26 Å².